The van der Waals surface area contributed by atoms with E-state index in [1.807, 2.05) is 0 Å². The molecular formula is C35H69N2O7+. The fourth-order valence-corrected chi connectivity index (χ4v) is 6.58. The molecule has 1 rings (SSSR count). The predicted octanol–water partition coefficient (Wildman–Crippen LogP) is 6.75. The number of ether oxygens (including phenoxy) is 2. The van der Waals surface area contributed by atoms with Crippen molar-refractivity contribution in [2.24, 2.45) is 0 Å². The van der Waals surface area contributed by atoms with Crippen LogP contribution in [0.4, 0.5) is 4.79 Å². The summed E-state index contributed by atoms with van der Waals surface area (Å²) < 4.78 is 11.7. The number of carbonyl (C=O) groups is 2. The minimum Gasteiger partial charge on any atom is -0.420 e. The second-order valence-corrected chi connectivity index (χ2v) is 13.0. The molecule has 44 heavy (non-hydrogen) atoms. The van der Waals surface area contributed by atoms with Crippen LogP contribution in [-0.2, 0) is 14.3 Å². The summed E-state index contributed by atoms with van der Waals surface area (Å²) in [5.74, 6) is -0.392. The van der Waals surface area contributed by atoms with E-state index in [0.717, 1.165) is 51.4 Å². The number of aliphatic hydroxyl groups excluding tert-OH is 3. The van der Waals surface area contributed by atoms with Gasteiger partial charge in [-0.3, -0.25) is 4.79 Å². The lowest BCUT2D eigenvalue weighted by molar-refractivity contribution is -0.912. The van der Waals surface area contributed by atoms with Crippen molar-refractivity contribution >= 4 is 12.0 Å². The van der Waals surface area contributed by atoms with E-state index >= 15 is 0 Å². The van der Waals surface area contributed by atoms with Crippen LogP contribution in [0.5, 0.6) is 0 Å². The van der Waals surface area contributed by atoms with E-state index in [1.54, 1.807) is 6.92 Å². The van der Waals surface area contributed by atoms with E-state index in [-0.39, 0.29) is 11.1 Å². The molecule has 1 unspecified atom stereocenters. The second-order valence-electron chi connectivity index (χ2n) is 13.0. The molecule has 1 heterocycles. The van der Waals surface area contributed by atoms with Gasteiger partial charge in [-0.05, 0) is 32.6 Å². The first-order chi connectivity index (χ1) is 21.3. The van der Waals surface area contributed by atoms with Crippen LogP contribution in [0, 0.1) is 0 Å². The normalized spacial score (nSPS) is 22.2. The maximum absolute atomic E-state index is 13.9. The summed E-state index contributed by atoms with van der Waals surface area (Å²) in [6.07, 6.45) is 17.9. The highest BCUT2D eigenvalue weighted by atomic mass is 16.6. The summed E-state index contributed by atoms with van der Waals surface area (Å²) in [5.41, 5.74) is 0. The molecule has 1 aliphatic rings. The van der Waals surface area contributed by atoms with Gasteiger partial charge in [0.25, 0.3) is 0 Å². The van der Waals surface area contributed by atoms with Crippen LogP contribution >= 0.6 is 0 Å². The lowest BCUT2D eigenvalue weighted by Gasteiger charge is -2.49. The van der Waals surface area contributed by atoms with Gasteiger partial charge in [-0.2, -0.15) is 9.28 Å². The van der Waals surface area contributed by atoms with Crippen molar-refractivity contribution in [3.05, 3.63) is 0 Å². The maximum atomic E-state index is 13.9. The van der Waals surface area contributed by atoms with Crippen molar-refractivity contribution < 1.29 is 38.9 Å². The molecule has 5 atom stereocenters. The molecule has 0 aromatic rings. The monoisotopic (exact) mass is 630 g/mol. The van der Waals surface area contributed by atoms with Crippen LogP contribution in [0.3, 0.4) is 0 Å². The minimum atomic E-state index is -1.40. The molecule has 0 spiro atoms. The number of carbonyl (C=O) groups excluding carboxylic acids is 2. The highest BCUT2D eigenvalue weighted by Gasteiger charge is 2.57. The number of quaternary nitrogens is 1. The molecule has 2 amide bonds. The Kier molecular flexibility index (Phi) is 23.1. The first-order valence-corrected chi connectivity index (χ1v) is 18.2. The van der Waals surface area contributed by atoms with E-state index < -0.39 is 49.2 Å². The Hall–Kier alpha value is -1.26. The number of rotatable bonds is 26. The Labute approximate surface area is 269 Å². The Morgan fingerprint density at radius 3 is 1.45 bits per heavy atom. The highest BCUT2D eigenvalue weighted by Crippen LogP contribution is 2.32. The number of nitrogens with zero attached hydrogens (tertiary/aromatic N) is 1. The topological polar surface area (TPSA) is 125 Å². The third-order valence-electron chi connectivity index (χ3n) is 9.21. The zero-order valence-electron chi connectivity index (χ0n) is 28.8. The average Bonchev–Trinajstić information content (AvgIpc) is 3.00. The van der Waals surface area contributed by atoms with Gasteiger partial charge in [0.2, 0.25) is 12.1 Å². The lowest BCUT2D eigenvalue weighted by Crippen LogP contribution is -2.75. The Morgan fingerprint density at radius 1 is 0.682 bits per heavy atom. The third kappa shape index (κ3) is 14.9. The molecule has 1 aliphatic heterocycles. The highest BCUT2D eigenvalue weighted by molar-refractivity contribution is 5.73. The van der Waals surface area contributed by atoms with E-state index in [2.05, 4.69) is 19.2 Å². The van der Waals surface area contributed by atoms with E-state index in [0.29, 0.717) is 13.1 Å². The van der Waals surface area contributed by atoms with Crippen molar-refractivity contribution in [1.29, 1.82) is 0 Å². The van der Waals surface area contributed by atoms with Crippen molar-refractivity contribution in [1.82, 2.24) is 5.32 Å². The van der Waals surface area contributed by atoms with Gasteiger partial charge in [0.15, 0.2) is 0 Å². The van der Waals surface area contributed by atoms with Crippen LogP contribution in [0.15, 0.2) is 0 Å². The summed E-state index contributed by atoms with van der Waals surface area (Å²) in [7, 11) is 0. The number of hydrogen-bond donors (Lipinski definition) is 4. The molecule has 1 fully saturated rings. The quantitative estimate of drug-likeness (QED) is 0.0616. The van der Waals surface area contributed by atoms with E-state index in [9.17, 15) is 24.9 Å². The number of aliphatic hydroxyl groups is 3. The fourth-order valence-electron chi connectivity index (χ4n) is 6.58. The van der Waals surface area contributed by atoms with Crippen LogP contribution in [0.1, 0.15) is 156 Å². The van der Waals surface area contributed by atoms with Crippen molar-refractivity contribution in [2.45, 2.75) is 187 Å². The van der Waals surface area contributed by atoms with Gasteiger partial charge in [0.05, 0.1) is 26.3 Å². The summed E-state index contributed by atoms with van der Waals surface area (Å²) >= 11 is 0. The van der Waals surface area contributed by atoms with E-state index in [4.69, 9.17) is 9.47 Å². The second kappa shape index (κ2) is 24.9. The van der Waals surface area contributed by atoms with Crippen molar-refractivity contribution in [3.8, 4) is 0 Å². The van der Waals surface area contributed by atoms with Gasteiger partial charge in [-0.25, -0.2) is 0 Å². The van der Waals surface area contributed by atoms with Crippen molar-refractivity contribution in [3.63, 3.8) is 0 Å². The standard InChI is InChI=1S/C35H68N2O7/c1-5-8-10-12-14-16-18-20-22-24-26-37(35(42)43-7-3,27-25-23-21-19-17-15-13-11-9-6-2)34-31(36-29(4)39)33(41)32(40)30(28-38)44-34/h30-34,38,40-41H,5-28H2,1-4H3/p+1/t30-,31-,32-,33-,34?/m1/s1. The summed E-state index contributed by atoms with van der Waals surface area (Å²) in [5, 5.41) is 34.5. The molecule has 260 valence electrons. The SMILES string of the molecule is CCCCCCCCCCCC[N+](CCCCCCCCCCCC)(C(=O)OCC)C1O[C@H](CO)[C@@H](O)[C@H](O)[C@H]1NC(C)=O. The van der Waals surface area contributed by atoms with Crippen LogP contribution in [0.25, 0.3) is 0 Å². The summed E-state index contributed by atoms with van der Waals surface area (Å²) in [6, 6.07) is -1.03. The molecule has 1 saturated heterocycles. The van der Waals surface area contributed by atoms with Gasteiger partial charge < -0.3 is 30.1 Å². The molecule has 9 heteroatoms. The predicted molar refractivity (Wildman–Crippen MR) is 176 cm³/mol. The summed E-state index contributed by atoms with van der Waals surface area (Å²) in [6.45, 7) is 8.14. The average molecular weight is 630 g/mol. The maximum Gasteiger partial charge on any atom is 0.518 e. The number of hydrogen-bond acceptors (Lipinski definition) is 7. The van der Waals surface area contributed by atoms with Gasteiger partial charge in [-0.1, -0.05) is 117 Å². The van der Waals surface area contributed by atoms with Crippen LogP contribution < -0.4 is 5.32 Å². The molecule has 4 N–H and O–H groups in total. The molecule has 0 aromatic carbocycles. The molecule has 0 aliphatic carbocycles. The Balaban J connectivity index is 3.03. The Morgan fingerprint density at radius 2 is 1.09 bits per heavy atom. The molecule has 0 bridgehead atoms. The molecular weight excluding hydrogens is 560 g/mol. The smallest absolute Gasteiger partial charge is 0.420 e. The van der Waals surface area contributed by atoms with Gasteiger partial charge in [0, 0.05) is 6.92 Å². The minimum absolute atomic E-state index is 0.195. The zero-order chi connectivity index (χ0) is 32.6. The molecule has 0 aromatic heterocycles. The first-order valence-electron chi connectivity index (χ1n) is 18.2. The van der Waals surface area contributed by atoms with Crippen molar-refractivity contribution in [2.75, 3.05) is 26.3 Å². The molecule has 0 radical (unpaired) electrons. The zero-order valence-corrected chi connectivity index (χ0v) is 28.8. The van der Waals surface area contributed by atoms with Gasteiger partial charge >= 0.3 is 6.09 Å². The number of unbranched alkanes of at least 4 members (excludes halogenated alkanes) is 18. The number of nitrogens with one attached hydrogen (secondary N) is 1. The lowest BCUT2D eigenvalue weighted by atomic mass is 9.93. The molecule has 9 nitrogen and oxygen atoms in total. The summed E-state index contributed by atoms with van der Waals surface area (Å²) in [4.78, 5) is 26.2. The van der Waals surface area contributed by atoms with Gasteiger partial charge in [0.1, 0.15) is 24.4 Å². The first kappa shape index (κ1) is 40.8. The van der Waals surface area contributed by atoms with E-state index in [1.165, 1.54) is 84.0 Å². The van der Waals surface area contributed by atoms with Crippen LogP contribution in [-0.4, -0.2) is 88.7 Å². The number of amides is 2. The largest absolute Gasteiger partial charge is 0.518 e. The molecule has 0 saturated carbocycles. The Bertz CT molecular complexity index is 714. The fraction of sp³-hybridized carbons (Fsp3) is 0.943. The third-order valence-corrected chi connectivity index (χ3v) is 9.21. The van der Waals surface area contributed by atoms with Gasteiger partial charge in [-0.15, -0.1) is 0 Å². The van der Waals surface area contributed by atoms with Crippen LogP contribution in [0.2, 0.25) is 0 Å².